The van der Waals surface area contributed by atoms with Crippen molar-refractivity contribution in [2.45, 2.75) is 116 Å². The fourth-order valence-electron chi connectivity index (χ4n) is 6.04. The Balaban J connectivity index is 1.53. The van der Waals surface area contributed by atoms with Crippen LogP contribution in [0.2, 0.25) is 0 Å². The maximum absolute atomic E-state index is 10.1. The summed E-state index contributed by atoms with van der Waals surface area (Å²) >= 11 is 0. The summed E-state index contributed by atoms with van der Waals surface area (Å²) in [7, 11) is 0. The topological polar surface area (TPSA) is 44.0 Å². The normalized spacial score (nSPS) is 20.9. The molecule has 0 spiro atoms. The van der Waals surface area contributed by atoms with E-state index >= 15 is 0 Å². The molecule has 2 aromatic rings. The monoisotopic (exact) mass is 473 g/mol. The second-order valence-corrected chi connectivity index (χ2v) is 11.1. The Morgan fingerprint density at radius 3 is 2.11 bits per heavy atom. The molecule has 2 heteroatoms. The van der Waals surface area contributed by atoms with Crippen LogP contribution in [0.1, 0.15) is 127 Å². The zero-order valence-electron chi connectivity index (χ0n) is 22.3. The summed E-state index contributed by atoms with van der Waals surface area (Å²) < 4.78 is 0. The third-order valence-electron chi connectivity index (χ3n) is 8.31. The number of benzene rings is 2. The van der Waals surface area contributed by atoms with Gasteiger partial charge >= 0.3 is 0 Å². The van der Waals surface area contributed by atoms with Crippen LogP contribution in [0, 0.1) is 16.7 Å². The third-order valence-corrected chi connectivity index (χ3v) is 8.31. The van der Waals surface area contributed by atoms with Crippen molar-refractivity contribution in [1.82, 2.24) is 0 Å². The maximum atomic E-state index is 10.1. The fourth-order valence-corrected chi connectivity index (χ4v) is 6.04. The number of nitriles is 1. The van der Waals surface area contributed by atoms with Crippen molar-refractivity contribution in [3.63, 3.8) is 0 Å². The zero-order valence-corrected chi connectivity index (χ0v) is 22.3. The van der Waals surface area contributed by atoms with E-state index < -0.39 is 0 Å². The molecule has 0 saturated heterocycles. The first-order valence-electron chi connectivity index (χ1n) is 14.3. The first kappa shape index (κ1) is 27.5. The third kappa shape index (κ3) is 8.22. The van der Waals surface area contributed by atoms with Gasteiger partial charge in [-0.15, -0.1) is 0 Å². The standard InChI is InChI=1S/C33H47NO/c1-3-12-27(2)28-14-16-29(17-15-28)30-18-20-31(21-19-30)32-13-11-23-33(25-32,26-34)22-9-7-5-4-6-8-10-24-35/h14-21,27,32,35H,3-13,22-25H2,1-2H3. The van der Waals surface area contributed by atoms with Crippen LogP contribution in [0.4, 0.5) is 0 Å². The molecule has 3 rings (SSSR count). The quantitative estimate of drug-likeness (QED) is 0.278. The first-order chi connectivity index (χ1) is 17.1. The molecular weight excluding hydrogens is 426 g/mol. The van der Waals surface area contributed by atoms with Crippen LogP contribution >= 0.6 is 0 Å². The molecule has 0 bridgehead atoms. The summed E-state index contributed by atoms with van der Waals surface area (Å²) in [5.74, 6) is 1.13. The molecule has 3 atom stereocenters. The lowest BCUT2D eigenvalue weighted by Gasteiger charge is -2.36. The van der Waals surface area contributed by atoms with Gasteiger partial charge in [0.2, 0.25) is 0 Å². The molecule has 1 aliphatic rings. The minimum absolute atomic E-state index is 0.135. The van der Waals surface area contributed by atoms with E-state index in [4.69, 9.17) is 5.11 Å². The smallest absolute Gasteiger partial charge is 0.0689 e. The Kier molecular flexibility index (Phi) is 11.3. The summed E-state index contributed by atoms with van der Waals surface area (Å²) in [6.45, 7) is 4.89. The number of nitrogens with zero attached hydrogens (tertiary/aromatic N) is 1. The molecule has 0 aliphatic heterocycles. The lowest BCUT2D eigenvalue weighted by atomic mass is 9.66. The molecule has 1 fully saturated rings. The number of aliphatic hydroxyl groups is 1. The van der Waals surface area contributed by atoms with E-state index in [1.807, 2.05) is 0 Å². The number of rotatable bonds is 14. The Morgan fingerprint density at radius 2 is 1.51 bits per heavy atom. The van der Waals surface area contributed by atoms with Gasteiger partial charge in [0.05, 0.1) is 11.5 Å². The van der Waals surface area contributed by atoms with Crippen molar-refractivity contribution in [3.8, 4) is 17.2 Å². The molecule has 190 valence electrons. The van der Waals surface area contributed by atoms with Crippen LogP contribution in [0.5, 0.6) is 0 Å². The lowest BCUT2D eigenvalue weighted by Crippen LogP contribution is -2.26. The van der Waals surface area contributed by atoms with Gasteiger partial charge in [-0.05, 0) is 72.6 Å². The van der Waals surface area contributed by atoms with Crippen LogP contribution in [-0.2, 0) is 0 Å². The molecule has 1 aliphatic carbocycles. The summed E-state index contributed by atoms with van der Waals surface area (Å²) in [5.41, 5.74) is 5.28. The van der Waals surface area contributed by atoms with Crippen molar-refractivity contribution < 1.29 is 5.11 Å². The summed E-state index contributed by atoms with van der Waals surface area (Å²) in [6, 6.07) is 21.1. The van der Waals surface area contributed by atoms with E-state index in [2.05, 4.69) is 68.4 Å². The molecule has 1 saturated carbocycles. The van der Waals surface area contributed by atoms with Crippen LogP contribution in [-0.4, -0.2) is 11.7 Å². The molecule has 2 aromatic carbocycles. The predicted octanol–water partition coefficient (Wildman–Crippen LogP) is 9.54. The van der Waals surface area contributed by atoms with E-state index in [0.717, 1.165) is 32.1 Å². The van der Waals surface area contributed by atoms with Crippen LogP contribution < -0.4 is 0 Å². The molecule has 2 nitrogen and oxygen atoms in total. The van der Waals surface area contributed by atoms with E-state index in [-0.39, 0.29) is 5.41 Å². The molecule has 0 heterocycles. The minimum Gasteiger partial charge on any atom is -0.396 e. The van der Waals surface area contributed by atoms with Crippen molar-refractivity contribution in [2.24, 2.45) is 5.41 Å². The predicted molar refractivity (Wildman–Crippen MR) is 148 cm³/mol. The lowest BCUT2D eigenvalue weighted by molar-refractivity contribution is 0.218. The van der Waals surface area contributed by atoms with Gasteiger partial charge in [0.15, 0.2) is 0 Å². The Hall–Kier alpha value is -2.11. The molecule has 0 amide bonds. The highest BCUT2D eigenvalue weighted by atomic mass is 16.2. The summed E-state index contributed by atoms with van der Waals surface area (Å²) in [6.07, 6.45) is 16.2. The van der Waals surface area contributed by atoms with E-state index in [9.17, 15) is 5.26 Å². The number of hydrogen-bond acceptors (Lipinski definition) is 2. The van der Waals surface area contributed by atoms with Gasteiger partial charge in [0.25, 0.3) is 0 Å². The molecule has 1 N–H and O–H groups in total. The molecule has 0 aromatic heterocycles. The van der Waals surface area contributed by atoms with Gasteiger partial charge in [-0.25, -0.2) is 0 Å². The van der Waals surface area contributed by atoms with Gasteiger partial charge in [0, 0.05) is 6.61 Å². The Morgan fingerprint density at radius 1 is 0.914 bits per heavy atom. The summed E-state index contributed by atoms with van der Waals surface area (Å²) in [5, 5.41) is 19.0. The van der Waals surface area contributed by atoms with Crippen LogP contribution in [0.25, 0.3) is 11.1 Å². The largest absolute Gasteiger partial charge is 0.396 e. The average molecular weight is 474 g/mol. The van der Waals surface area contributed by atoms with Gasteiger partial charge in [-0.1, -0.05) is 114 Å². The van der Waals surface area contributed by atoms with E-state index in [0.29, 0.717) is 18.4 Å². The maximum Gasteiger partial charge on any atom is 0.0689 e. The van der Waals surface area contributed by atoms with Gasteiger partial charge in [0.1, 0.15) is 0 Å². The van der Waals surface area contributed by atoms with Crippen molar-refractivity contribution in [3.05, 3.63) is 59.7 Å². The van der Waals surface area contributed by atoms with Crippen LogP contribution in [0.15, 0.2) is 48.5 Å². The second-order valence-electron chi connectivity index (χ2n) is 11.1. The van der Waals surface area contributed by atoms with Crippen molar-refractivity contribution in [2.75, 3.05) is 6.61 Å². The number of aliphatic hydroxyl groups excluding tert-OH is 1. The molecule has 35 heavy (non-hydrogen) atoms. The summed E-state index contributed by atoms with van der Waals surface area (Å²) in [4.78, 5) is 0. The van der Waals surface area contributed by atoms with Gasteiger partial charge < -0.3 is 5.11 Å². The van der Waals surface area contributed by atoms with Crippen molar-refractivity contribution in [1.29, 1.82) is 5.26 Å². The van der Waals surface area contributed by atoms with Crippen molar-refractivity contribution >= 4 is 0 Å². The highest BCUT2D eigenvalue weighted by Crippen LogP contribution is 2.47. The SMILES string of the molecule is CCCC(C)c1ccc(-c2ccc(C3CCCC(C#N)(CCCCCCCCCO)C3)cc2)cc1. The zero-order chi connectivity index (χ0) is 24.9. The number of unbranched alkanes of at least 4 members (excludes halogenated alkanes) is 6. The first-order valence-corrected chi connectivity index (χ1v) is 14.3. The fraction of sp³-hybridized carbons (Fsp3) is 0.606. The van der Waals surface area contributed by atoms with Crippen LogP contribution in [0.3, 0.4) is 0 Å². The van der Waals surface area contributed by atoms with E-state index in [1.54, 1.807) is 0 Å². The molecule has 3 unspecified atom stereocenters. The second kappa shape index (κ2) is 14.4. The molecule has 0 radical (unpaired) electrons. The van der Waals surface area contributed by atoms with Gasteiger partial charge in [-0.2, -0.15) is 5.26 Å². The Labute approximate surface area is 214 Å². The Bertz CT molecular complexity index is 894. The average Bonchev–Trinajstić information content (AvgIpc) is 2.91. The highest BCUT2D eigenvalue weighted by molar-refractivity contribution is 5.64. The van der Waals surface area contributed by atoms with E-state index in [1.165, 1.54) is 80.0 Å². The molecular formula is C33H47NO. The highest BCUT2D eigenvalue weighted by Gasteiger charge is 2.36. The number of hydrogen-bond donors (Lipinski definition) is 1. The minimum atomic E-state index is -0.135. The van der Waals surface area contributed by atoms with Gasteiger partial charge in [-0.3, -0.25) is 0 Å².